The zero-order valence-corrected chi connectivity index (χ0v) is 13.8. The van der Waals surface area contributed by atoms with Gasteiger partial charge in [-0.15, -0.1) is 0 Å². The highest BCUT2D eigenvalue weighted by Crippen LogP contribution is 2.06. The quantitative estimate of drug-likeness (QED) is 0.786. The number of nitrogens with one attached hydrogen (secondary N) is 2. The molecule has 0 unspecified atom stereocenters. The molecular formula is C15H18N4O3S. The Labute approximate surface area is 137 Å². The molecular weight excluding hydrogens is 316 g/mol. The molecule has 1 aromatic heterocycles. The van der Waals surface area contributed by atoms with Crippen LogP contribution in [0, 0.1) is 4.77 Å². The number of carbonyl (C=O) groups excluding carboxylic acids is 2. The van der Waals surface area contributed by atoms with Crippen molar-refractivity contribution in [2.24, 2.45) is 0 Å². The molecule has 0 aliphatic heterocycles. The molecule has 1 heterocycles. The number of para-hydroxylation sites is 1. The van der Waals surface area contributed by atoms with E-state index in [4.69, 9.17) is 12.2 Å². The highest BCUT2D eigenvalue weighted by atomic mass is 32.1. The van der Waals surface area contributed by atoms with E-state index in [1.807, 2.05) is 6.07 Å². The molecule has 122 valence electrons. The van der Waals surface area contributed by atoms with E-state index in [2.05, 4.69) is 10.3 Å². The average molecular weight is 334 g/mol. The van der Waals surface area contributed by atoms with Gasteiger partial charge in [0.2, 0.25) is 11.8 Å². The van der Waals surface area contributed by atoms with Gasteiger partial charge in [0.1, 0.15) is 0 Å². The fourth-order valence-corrected chi connectivity index (χ4v) is 2.32. The number of rotatable bonds is 5. The van der Waals surface area contributed by atoms with Crippen LogP contribution in [0.1, 0.15) is 6.42 Å². The third-order valence-electron chi connectivity index (χ3n) is 3.39. The summed E-state index contributed by atoms with van der Waals surface area (Å²) in [4.78, 5) is 40.0. The Bertz CT molecular complexity index is 854. The monoisotopic (exact) mass is 334 g/mol. The number of hydrogen-bond acceptors (Lipinski definition) is 4. The van der Waals surface area contributed by atoms with Crippen LogP contribution >= 0.6 is 12.2 Å². The first kappa shape index (κ1) is 16.9. The molecule has 2 rings (SSSR count). The van der Waals surface area contributed by atoms with Crippen LogP contribution in [0.2, 0.25) is 0 Å². The molecule has 0 radical (unpaired) electrons. The Morgan fingerprint density at radius 2 is 2.00 bits per heavy atom. The predicted molar refractivity (Wildman–Crippen MR) is 89.7 cm³/mol. The zero-order valence-electron chi connectivity index (χ0n) is 13.0. The molecule has 2 aromatic rings. The first-order valence-corrected chi connectivity index (χ1v) is 7.49. The SMILES string of the molecule is CN(C)C(=O)CNC(=O)CCn1c(=S)[nH]c2ccccc2c1=O. The second-order valence-electron chi connectivity index (χ2n) is 5.25. The summed E-state index contributed by atoms with van der Waals surface area (Å²) in [5.74, 6) is -0.506. The number of nitrogens with zero attached hydrogens (tertiary/aromatic N) is 2. The minimum Gasteiger partial charge on any atom is -0.347 e. The van der Waals surface area contributed by atoms with Crippen LogP contribution in [-0.2, 0) is 16.1 Å². The van der Waals surface area contributed by atoms with Crippen molar-refractivity contribution in [3.05, 3.63) is 39.4 Å². The summed E-state index contributed by atoms with van der Waals surface area (Å²) in [7, 11) is 3.23. The van der Waals surface area contributed by atoms with Crippen LogP contribution in [0.25, 0.3) is 10.9 Å². The lowest BCUT2D eigenvalue weighted by Crippen LogP contribution is -2.37. The summed E-state index contributed by atoms with van der Waals surface area (Å²) in [6.07, 6.45) is 0.0659. The summed E-state index contributed by atoms with van der Waals surface area (Å²) in [5.41, 5.74) is 0.432. The molecule has 1 aromatic carbocycles. The number of hydrogen-bond donors (Lipinski definition) is 2. The van der Waals surface area contributed by atoms with Crippen molar-refractivity contribution in [3.63, 3.8) is 0 Å². The fraction of sp³-hybridized carbons (Fsp3) is 0.333. The molecule has 0 atom stereocenters. The molecule has 2 amide bonds. The standard InChI is InChI=1S/C15H18N4O3S/c1-18(2)13(21)9-16-12(20)7-8-19-14(22)10-5-3-4-6-11(10)17-15(19)23/h3-6H,7-9H2,1-2H3,(H,16,20)(H,17,23). The van der Waals surface area contributed by atoms with Crippen molar-refractivity contribution in [2.75, 3.05) is 20.6 Å². The van der Waals surface area contributed by atoms with Crippen molar-refractivity contribution < 1.29 is 9.59 Å². The topological polar surface area (TPSA) is 87.2 Å². The smallest absolute Gasteiger partial charge is 0.262 e. The van der Waals surface area contributed by atoms with Gasteiger partial charge in [0.25, 0.3) is 5.56 Å². The van der Waals surface area contributed by atoms with Crippen molar-refractivity contribution in [2.45, 2.75) is 13.0 Å². The number of aromatic amines is 1. The molecule has 0 saturated heterocycles. The lowest BCUT2D eigenvalue weighted by molar-refractivity contribution is -0.130. The van der Waals surface area contributed by atoms with E-state index < -0.39 is 0 Å². The van der Waals surface area contributed by atoms with Gasteiger partial charge in [-0.25, -0.2) is 0 Å². The van der Waals surface area contributed by atoms with Crippen LogP contribution < -0.4 is 10.9 Å². The van der Waals surface area contributed by atoms with Gasteiger partial charge in [-0.05, 0) is 24.4 Å². The summed E-state index contributed by atoms with van der Waals surface area (Å²) >= 11 is 5.17. The summed E-state index contributed by atoms with van der Waals surface area (Å²) in [6, 6.07) is 7.06. The predicted octanol–water partition coefficient (Wildman–Crippen LogP) is 0.654. The number of fused-ring (bicyclic) bond motifs is 1. The molecule has 0 fully saturated rings. The fourth-order valence-electron chi connectivity index (χ4n) is 2.04. The van der Waals surface area contributed by atoms with Gasteiger partial charge in [-0.2, -0.15) is 0 Å². The summed E-state index contributed by atoms with van der Waals surface area (Å²) < 4.78 is 1.62. The van der Waals surface area contributed by atoms with Crippen LogP contribution in [0.5, 0.6) is 0 Å². The van der Waals surface area contributed by atoms with Crippen LogP contribution in [0.4, 0.5) is 0 Å². The van der Waals surface area contributed by atoms with Crippen molar-refractivity contribution in [1.82, 2.24) is 19.8 Å². The van der Waals surface area contributed by atoms with Gasteiger partial charge in [-0.3, -0.25) is 19.0 Å². The number of aromatic nitrogens is 2. The van der Waals surface area contributed by atoms with Crippen molar-refractivity contribution in [1.29, 1.82) is 0 Å². The molecule has 0 aliphatic carbocycles. The van der Waals surface area contributed by atoms with Crippen LogP contribution in [0.3, 0.4) is 0 Å². The zero-order chi connectivity index (χ0) is 17.0. The maximum Gasteiger partial charge on any atom is 0.262 e. The van der Waals surface area contributed by atoms with Gasteiger partial charge in [0.15, 0.2) is 4.77 Å². The lowest BCUT2D eigenvalue weighted by atomic mass is 10.2. The third-order valence-corrected chi connectivity index (χ3v) is 3.71. The van der Waals surface area contributed by atoms with E-state index in [9.17, 15) is 14.4 Å². The lowest BCUT2D eigenvalue weighted by Gasteiger charge is -2.11. The van der Waals surface area contributed by atoms with E-state index in [-0.39, 0.29) is 41.7 Å². The number of benzene rings is 1. The number of H-pyrrole nitrogens is 1. The first-order chi connectivity index (χ1) is 10.9. The van der Waals surface area contributed by atoms with Gasteiger partial charge in [-0.1, -0.05) is 12.1 Å². The Kier molecular flexibility index (Phi) is 5.28. The second-order valence-corrected chi connectivity index (χ2v) is 5.63. The normalized spacial score (nSPS) is 10.5. The molecule has 0 bridgehead atoms. The van der Waals surface area contributed by atoms with Crippen LogP contribution in [-0.4, -0.2) is 46.9 Å². The summed E-state index contributed by atoms with van der Waals surface area (Å²) in [5, 5.41) is 3.04. The molecule has 0 saturated carbocycles. The van der Waals surface area contributed by atoms with Gasteiger partial charge < -0.3 is 15.2 Å². The molecule has 0 spiro atoms. The number of carbonyl (C=O) groups is 2. The Morgan fingerprint density at radius 1 is 1.30 bits per heavy atom. The molecule has 7 nitrogen and oxygen atoms in total. The summed E-state index contributed by atoms with van der Waals surface area (Å²) in [6.45, 7) is 0.0896. The third kappa shape index (κ3) is 4.04. The average Bonchev–Trinajstić information content (AvgIpc) is 2.52. The van der Waals surface area contributed by atoms with Crippen LogP contribution in [0.15, 0.2) is 29.1 Å². The molecule has 2 N–H and O–H groups in total. The van der Waals surface area contributed by atoms with E-state index in [1.165, 1.54) is 9.47 Å². The van der Waals surface area contributed by atoms with Crippen molar-refractivity contribution >= 4 is 34.9 Å². The Balaban J connectivity index is 2.08. The maximum atomic E-state index is 12.4. The second kappa shape index (κ2) is 7.19. The van der Waals surface area contributed by atoms with Crippen molar-refractivity contribution in [3.8, 4) is 0 Å². The minimum absolute atomic E-state index is 0.0642. The van der Waals surface area contributed by atoms with Gasteiger partial charge in [0.05, 0.1) is 17.4 Å². The first-order valence-electron chi connectivity index (χ1n) is 7.09. The van der Waals surface area contributed by atoms with E-state index in [1.54, 1.807) is 32.3 Å². The van der Waals surface area contributed by atoms with E-state index in [0.717, 1.165) is 0 Å². The largest absolute Gasteiger partial charge is 0.347 e. The minimum atomic E-state index is -0.311. The molecule has 8 heteroatoms. The number of amides is 2. The Hall–Kier alpha value is -2.48. The number of likely N-dealkylation sites (N-methyl/N-ethyl adjacent to an activating group) is 1. The van der Waals surface area contributed by atoms with Gasteiger partial charge >= 0.3 is 0 Å². The van der Waals surface area contributed by atoms with Gasteiger partial charge in [0, 0.05) is 27.1 Å². The maximum absolute atomic E-state index is 12.4. The van der Waals surface area contributed by atoms with E-state index in [0.29, 0.717) is 10.9 Å². The highest BCUT2D eigenvalue weighted by Gasteiger charge is 2.09. The molecule has 23 heavy (non-hydrogen) atoms. The van der Waals surface area contributed by atoms with E-state index >= 15 is 0 Å². The Morgan fingerprint density at radius 3 is 2.70 bits per heavy atom. The molecule has 0 aliphatic rings. The highest BCUT2D eigenvalue weighted by molar-refractivity contribution is 7.71.